The average Bonchev–Trinajstić information content (AvgIpc) is 3.03. The summed E-state index contributed by atoms with van der Waals surface area (Å²) in [6, 6.07) is 10.3. The summed E-state index contributed by atoms with van der Waals surface area (Å²) in [4.78, 5) is 11.9. The van der Waals surface area contributed by atoms with E-state index in [1.807, 2.05) is 6.07 Å². The number of amides is 2. The molecule has 0 bridgehead atoms. The van der Waals surface area contributed by atoms with Crippen LogP contribution in [0.5, 0.6) is 0 Å². The summed E-state index contributed by atoms with van der Waals surface area (Å²) in [5, 5.41) is 14.6. The Bertz CT molecular complexity index is 921. The standard InChI is InChI=1S/C16H11Cl2FN4OS2/c17-10-2-1-9(13(18)7-10)8-25-16-23-22-15(26-16)21-14(24)20-12-5-3-11(19)4-6-12/h1-7H,8H2,(H2,20,21,22,24). The SMILES string of the molecule is O=C(Nc1ccc(F)cc1)Nc1nnc(SCc2ccc(Cl)cc2Cl)s1. The fraction of sp³-hybridized carbons (Fsp3) is 0.0625. The molecule has 0 atom stereocenters. The summed E-state index contributed by atoms with van der Waals surface area (Å²) in [7, 11) is 0. The van der Waals surface area contributed by atoms with E-state index in [2.05, 4.69) is 20.8 Å². The van der Waals surface area contributed by atoms with Gasteiger partial charge in [-0.15, -0.1) is 10.2 Å². The molecule has 0 radical (unpaired) electrons. The van der Waals surface area contributed by atoms with Gasteiger partial charge in [0.05, 0.1) is 0 Å². The summed E-state index contributed by atoms with van der Waals surface area (Å²) >= 11 is 14.7. The third kappa shape index (κ3) is 5.31. The molecule has 26 heavy (non-hydrogen) atoms. The van der Waals surface area contributed by atoms with Crippen molar-refractivity contribution in [3.8, 4) is 0 Å². The monoisotopic (exact) mass is 428 g/mol. The molecule has 0 aliphatic carbocycles. The molecule has 3 aromatic rings. The predicted octanol–water partition coefficient (Wildman–Crippen LogP) is 5.92. The Morgan fingerprint density at radius 1 is 1.12 bits per heavy atom. The van der Waals surface area contributed by atoms with Gasteiger partial charge in [0.15, 0.2) is 4.34 Å². The first kappa shape index (κ1) is 18.9. The molecule has 2 aromatic carbocycles. The molecule has 0 spiro atoms. The highest BCUT2D eigenvalue weighted by molar-refractivity contribution is 8.00. The minimum absolute atomic E-state index is 0.356. The molecule has 2 amide bonds. The molecule has 1 aromatic heterocycles. The Hall–Kier alpha value is -1.87. The summed E-state index contributed by atoms with van der Waals surface area (Å²) in [5.74, 6) is 0.231. The van der Waals surface area contributed by atoms with Gasteiger partial charge in [-0.05, 0) is 42.0 Å². The second-order valence-electron chi connectivity index (χ2n) is 4.98. The fourth-order valence-corrected chi connectivity index (χ4v) is 4.20. The molecule has 2 N–H and O–H groups in total. The van der Waals surface area contributed by atoms with E-state index in [4.69, 9.17) is 23.2 Å². The highest BCUT2D eigenvalue weighted by Gasteiger charge is 2.10. The van der Waals surface area contributed by atoms with Crippen LogP contribution in [0.4, 0.5) is 20.0 Å². The van der Waals surface area contributed by atoms with E-state index >= 15 is 0 Å². The van der Waals surface area contributed by atoms with E-state index in [1.54, 1.807) is 12.1 Å². The van der Waals surface area contributed by atoms with Gasteiger partial charge in [0.25, 0.3) is 0 Å². The average molecular weight is 429 g/mol. The van der Waals surface area contributed by atoms with Crippen molar-refractivity contribution in [2.24, 2.45) is 0 Å². The summed E-state index contributed by atoms with van der Waals surface area (Å²) in [6.45, 7) is 0. The van der Waals surface area contributed by atoms with Crippen LogP contribution in [0.2, 0.25) is 10.0 Å². The van der Waals surface area contributed by atoms with Crippen LogP contribution in [0.25, 0.3) is 0 Å². The maximum atomic E-state index is 12.9. The van der Waals surface area contributed by atoms with Crippen molar-refractivity contribution in [3.63, 3.8) is 0 Å². The van der Waals surface area contributed by atoms with Crippen molar-refractivity contribution in [1.29, 1.82) is 0 Å². The van der Waals surface area contributed by atoms with Crippen LogP contribution >= 0.6 is 46.3 Å². The van der Waals surface area contributed by atoms with Gasteiger partial charge in [0.1, 0.15) is 5.82 Å². The topological polar surface area (TPSA) is 66.9 Å². The predicted molar refractivity (Wildman–Crippen MR) is 105 cm³/mol. The van der Waals surface area contributed by atoms with Crippen LogP contribution in [-0.2, 0) is 5.75 Å². The zero-order valence-electron chi connectivity index (χ0n) is 13.0. The third-order valence-corrected chi connectivity index (χ3v) is 5.70. The van der Waals surface area contributed by atoms with Crippen LogP contribution in [0.3, 0.4) is 0 Å². The molecule has 134 valence electrons. The Labute approximate surface area is 166 Å². The Balaban J connectivity index is 1.54. The maximum Gasteiger partial charge on any atom is 0.325 e. The first-order valence-electron chi connectivity index (χ1n) is 7.23. The number of urea groups is 1. The van der Waals surface area contributed by atoms with Crippen molar-refractivity contribution in [3.05, 3.63) is 63.9 Å². The van der Waals surface area contributed by atoms with E-state index in [0.717, 1.165) is 5.56 Å². The van der Waals surface area contributed by atoms with Crippen molar-refractivity contribution >= 4 is 63.2 Å². The molecular weight excluding hydrogens is 418 g/mol. The van der Waals surface area contributed by atoms with Crippen LogP contribution in [0.1, 0.15) is 5.56 Å². The lowest BCUT2D eigenvalue weighted by Gasteiger charge is -2.04. The van der Waals surface area contributed by atoms with Crippen LogP contribution < -0.4 is 10.6 Å². The third-order valence-electron chi connectivity index (χ3n) is 3.10. The molecule has 10 heteroatoms. The Kier molecular flexibility index (Phi) is 6.31. The number of carbonyl (C=O) groups is 1. The molecule has 0 aliphatic heterocycles. The van der Waals surface area contributed by atoms with Gasteiger partial charge in [-0.2, -0.15) is 0 Å². The lowest BCUT2D eigenvalue weighted by atomic mass is 10.2. The van der Waals surface area contributed by atoms with E-state index in [0.29, 0.717) is 31.0 Å². The number of aromatic nitrogens is 2. The zero-order valence-corrected chi connectivity index (χ0v) is 16.1. The molecule has 5 nitrogen and oxygen atoms in total. The second-order valence-corrected chi connectivity index (χ2v) is 8.03. The minimum atomic E-state index is -0.481. The first-order valence-corrected chi connectivity index (χ1v) is 9.79. The summed E-state index contributed by atoms with van der Waals surface area (Å²) in [6.07, 6.45) is 0. The van der Waals surface area contributed by atoms with Crippen molar-refractivity contribution in [2.45, 2.75) is 10.1 Å². The van der Waals surface area contributed by atoms with Crippen LogP contribution in [-0.4, -0.2) is 16.2 Å². The zero-order chi connectivity index (χ0) is 18.5. The summed E-state index contributed by atoms with van der Waals surface area (Å²) in [5.41, 5.74) is 1.40. The number of rotatable bonds is 5. The van der Waals surface area contributed by atoms with Gasteiger partial charge in [-0.3, -0.25) is 5.32 Å². The number of thioether (sulfide) groups is 1. The number of carbonyl (C=O) groups excluding carboxylic acids is 1. The first-order chi connectivity index (χ1) is 12.5. The number of hydrogen-bond donors (Lipinski definition) is 2. The second kappa shape index (κ2) is 8.68. The molecular formula is C16H11Cl2FN4OS2. The van der Waals surface area contributed by atoms with Gasteiger partial charge in [-0.25, -0.2) is 9.18 Å². The van der Waals surface area contributed by atoms with Crippen molar-refractivity contribution in [1.82, 2.24) is 10.2 Å². The fourth-order valence-electron chi connectivity index (χ4n) is 1.89. The minimum Gasteiger partial charge on any atom is -0.308 e. The van der Waals surface area contributed by atoms with Gasteiger partial charge < -0.3 is 5.32 Å². The largest absolute Gasteiger partial charge is 0.325 e. The van der Waals surface area contributed by atoms with Crippen molar-refractivity contribution in [2.75, 3.05) is 10.6 Å². The number of benzene rings is 2. The molecule has 3 rings (SSSR count). The maximum absolute atomic E-state index is 12.9. The quantitative estimate of drug-likeness (QED) is 0.390. The van der Waals surface area contributed by atoms with E-state index < -0.39 is 6.03 Å². The lowest BCUT2D eigenvalue weighted by molar-refractivity contribution is 0.262. The highest BCUT2D eigenvalue weighted by Crippen LogP contribution is 2.31. The normalized spacial score (nSPS) is 10.6. The number of nitrogens with zero attached hydrogens (tertiary/aromatic N) is 2. The van der Waals surface area contributed by atoms with E-state index in [9.17, 15) is 9.18 Å². The molecule has 1 heterocycles. The Morgan fingerprint density at radius 3 is 2.62 bits per heavy atom. The Morgan fingerprint density at radius 2 is 1.88 bits per heavy atom. The van der Waals surface area contributed by atoms with E-state index in [1.165, 1.54) is 47.4 Å². The molecule has 0 unspecified atom stereocenters. The summed E-state index contributed by atoms with van der Waals surface area (Å²) < 4.78 is 13.5. The lowest BCUT2D eigenvalue weighted by Crippen LogP contribution is -2.19. The molecule has 0 fully saturated rings. The van der Waals surface area contributed by atoms with Crippen LogP contribution in [0.15, 0.2) is 46.8 Å². The van der Waals surface area contributed by atoms with Crippen molar-refractivity contribution < 1.29 is 9.18 Å². The highest BCUT2D eigenvalue weighted by atomic mass is 35.5. The molecule has 0 saturated carbocycles. The number of hydrogen-bond acceptors (Lipinski definition) is 5. The van der Waals surface area contributed by atoms with Crippen LogP contribution in [0, 0.1) is 5.82 Å². The van der Waals surface area contributed by atoms with Gasteiger partial charge in [0.2, 0.25) is 5.13 Å². The number of anilines is 2. The molecule has 0 saturated heterocycles. The smallest absolute Gasteiger partial charge is 0.308 e. The number of nitrogens with one attached hydrogen (secondary N) is 2. The van der Waals surface area contributed by atoms with E-state index in [-0.39, 0.29) is 5.82 Å². The van der Waals surface area contributed by atoms with Gasteiger partial charge in [-0.1, -0.05) is 52.4 Å². The number of halogens is 3. The molecule has 0 aliphatic rings. The van der Waals surface area contributed by atoms with Gasteiger partial charge >= 0.3 is 6.03 Å². The van der Waals surface area contributed by atoms with Gasteiger partial charge in [0, 0.05) is 21.5 Å².